The molecule has 3 aromatic rings. The number of benzene rings is 3. The highest BCUT2D eigenvalue weighted by molar-refractivity contribution is 6.21. The Kier molecular flexibility index (Phi) is 13.0. The summed E-state index contributed by atoms with van der Waals surface area (Å²) >= 11 is 6.49. The molecule has 0 spiro atoms. The smallest absolute Gasteiger partial charge is 0.335 e. The van der Waals surface area contributed by atoms with Gasteiger partial charge in [0.25, 0.3) is 0 Å². The first-order valence-corrected chi connectivity index (χ1v) is 17.1. The van der Waals surface area contributed by atoms with E-state index in [4.69, 9.17) is 26.2 Å². The number of rotatable bonds is 13. The Balaban J connectivity index is 0.00000245. The number of carbonyl (C=O) groups is 2. The highest BCUT2D eigenvalue weighted by atomic mass is 35.5. The molecule has 3 aromatic carbocycles. The van der Waals surface area contributed by atoms with Crippen molar-refractivity contribution in [2.75, 3.05) is 30.9 Å². The van der Waals surface area contributed by atoms with Crippen LogP contribution in [-0.2, 0) is 11.2 Å². The fraction of sp³-hybridized carbons (Fsp3) is 0.421. The Morgan fingerprint density at radius 1 is 1.02 bits per heavy atom. The number of anilines is 2. The Hall–Kier alpha value is -4.17. The van der Waals surface area contributed by atoms with Gasteiger partial charge in [0.2, 0.25) is 5.91 Å². The Morgan fingerprint density at radius 3 is 2.36 bits per heavy atom. The normalized spacial score (nSPS) is 17.5. The van der Waals surface area contributed by atoms with Crippen molar-refractivity contribution >= 4 is 34.9 Å². The van der Waals surface area contributed by atoms with Crippen molar-refractivity contribution in [2.24, 2.45) is 0 Å². The van der Waals surface area contributed by atoms with E-state index in [0.29, 0.717) is 30.4 Å². The van der Waals surface area contributed by atoms with Gasteiger partial charge in [-0.15, -0.1) is 11.6 Å². The average Bonchev–Trinajstić information content (AvgIpc) is 3.45. The Morgan fingerprint density at radius 2 is 1.72 bits per heavy atom. The van der Waals surface area contributed by atoms with Crippen LogP contribution in [0.1, 0.15) is 87.2 Å². The first-order chi connectivity index (χ1) is 22.7. The molecule has 0 radical (unpaired) electrons. The lowest BCUT2D eigenvalue weighted by Crippen LogP contribution is -2.40. The maximum Gasteiger partial charge on any atom is 0.335 e. The molecule has 252 valence electrons. The van der Waals surface area contributed by atoms with Crippen LogP contribution in [0.5, 0.6) is 11.5 Å². The van der Waals surface area contributed by atoms with Crippen LogP contribution in [0.3, 0.4) is 0 Å². The Labute approximate surface area is 284 Å². The van der Waals surface area contributed by atoms with E-state index in [-0.39, 0.29) is 35.9 Å². The lowest BCUT2D eigenvalue weighted by atomic mass is 9.91. The highest BCUT2D eigenvalue weighted by Gasteiger charge is 2.34. The van der Waals surface area contributed by atoms with Crippen LogP contribution in [0.2, 0.25) is 0 Å². The van der Waals surface area contributed by atoms with Crippen molar-refractivity contribution in [1.82, 2.24) is 4.90 Å². The maximum absolute atomic E-state index is 13.5. The van der Waals surface area contributed by atoms with E-state index in [1.807, 2.05) is 32.0 Å². The summed E-state index contributed by atoms with van der Waals surface area (Å²) in [4.78, 5) is 26.4. The molecular formula is C38H48ClN3O5. The summed E-state index contributed by atoms with van der Waals surface area (Å²) in [5.41, 5.74) is 5.62. The van der Waals surface area contributed by atoms with Crippen molar-refractivity contribution in [2.45, 2.75) is 83.6 Å². The minimum absolute atomic E-state index is 0.0312. The molecule has 1 aliphatic carbocycles. The fourth-order valence-corrected chi connectivity index (χ4v) is 6.13. The minimum atomic E-state index is -0.991. The number of amides is 1. The van der Waals surface area contributed by atoms with Gasteiger partial charge in [-0.2, -0.15) is 0 Å². The molecule has 1 saturated heterocycles. The summed E-state index contributed by atoms with van der Waals surface area (Å²) in [5, 5.41) is 16.3. The summed E-state index contributed by atoms with van der Waals surface area (Å²) in [7, 11) is 1.64. The molecule has 0 bridgehead atoms. The van der Waals surface area contributed by atoms with Crippen LogP contribution in [-0.4, -0.2) is 53.6 Å². The van der Waals surface area contributed by atoms with Gasteiger partial charge in [-0.3, -0.25) is 4.79 Å². The molecule has 2 fully saturated rings. The summed E-state index contributed by atoms with van der Waals surface area (Å²) < 4.78 is 11.7. The first kappa shape index (κ1) is 35.7. The molecule has 1 saturated carbocycles. The largest absolute Gasteiger partial charge is 0.495 e. The lowest BCUT2D eigenvalue weighted by Gasteiger charge is -2.27. The van der Waals surface area contributed by atoms with Gasteiger partial charge in [0, 0.05) is 12.2 Å². The van der Waals surface area contributed by atoms with Gasteiger partial charge in [-0.05, 0) is 97.2 Å². The number of likely N-dealkylation sites (tertiary alicyclic amines) is 1. The third kappa shape index (κ3) is 9.22. The SMILES string of the molecule is CC.CCC(C)c1ccccc1NC(Nc1ccc(CC(=O)N2C[C@H](Cl)CC2COc2ccc(C(=O)O)cc2)cc1OC)=C1CCC1. The minimum Gasteiger partial charge on any atom is -0.495 e. The summed E-state index contributed by atoms with van der Waals surface area (Å²) in [6.07, 6.45) is 5.16. The number of alkyl halides is 1. The number of nitrogens with zero attached hydrogens (tertiary/aromatic N) is 1. The third-order valence-electron chi connectivity index (χ3n) is 8.78. The van der Waals surface area contributed by atoms with E-state index in [0.717, 1.165) is 42.0 Å². The van der Waals surface area contributed by atoms with E-state index in [2.05, 4.69) is 48.7 Å². The van der Waals surface area contributed by atoms with Crippen molar-refractivity contribution < 1.29 is 24.2 Å². The number of nitrogens with one attached hydrogen (secondary N) is 2. The first-order valence-electron chi connectivity index (χ1n) is 16.7. The molecule has 1 amide bonds. The molecule has 3 N–H and O–H groups in total. The number of halogens is 1. The predicted molar refractivity (Wildman–Crippen MR) is 190 cm³/mol. The van der Waals surface area contributed by atoms with Gasteiger partial charge in [0.15, 0.2) is 0 Å². The molecule has 8 nitrogen and oxygen atoms in total. The van der Waals surface area contributed by atoms with Crippen molar-refractivity contribution in [1.29, 1.82) is 0 Å². The third-order valence-corrected chi connectivity index (χ3v) is 9.10. The number of para-hydroxylation sites is 1. The molecule has 47 heavy (non-hydrogen) atoms. The summed E-state index contributed by atoms with van der Waals surface area (Å²) in [6, 6.07) is 20.4. The van der Waals surface area contributed by atoms with E-state index in [1.165, 1.54) is 29.7 Å². The number of methoxy groups -OCH3 is 1. The van der Waals surface area contributed by atoms with Gasteiger partial charge >= 0.3 is 5.97 Å². The van der Waals surface area contributed by atoms with Gasteiger partial charge < -0.3 is 30.1 Å². The number of hydrogen-bond acceptors (Lipinski definition) is 6. The van der Waals surface area contributed by atoms with Crippen LogP contribution in [0.4, 0.5) is 11.4 Å². The molecule has 3 atom stereocenters. The summed E-state index contributed by atoms with van der Waals surface area (Å²) in [6.45, 7) is 9.18. The second kappa shape index (κ2) is 17.1. The van der Waals surface area contributed by atoms with Gasteiger partial charge in [0.1, 0.15) is 23.9 Å². The maximum atomic E-state index is 13.5. The quantitative estimate of drug-likeness (QED) is 0.158. The molecular weight excluding hydrogens is 614 g/mol. The van der Waals surface area contributed by atoms with Crippen molar-refractivity contribution in [3.05, 3.63) is 94.8 Å². The molecule has 2 aliphatic rings. The number of allylic oxidation sites excluding steroid dienone is 1. The zero-order valence-electron chi connectivity index (χ0n) is 28.1. The lowest BCUT2D eigenvalue weighted by molar-refractivity contribution is -0.131. The fourth-order valence-electron chi connectivity index (χ4n) is 5.78. The van der Waals surface area contributed by atoms with E-state index < -0.39 is 5.97 Å². The van der Waals surface area contributed by atoms with E-state index in [1.54, 1.807) is 24.1 Å². The number of aromatic carboxylic acids is 1. The zero-order chi connectivity index (χ0) is 33.9. The molecule has 1 heterocycles. The van der Waals surface area contributed by atoms with Crippen molar-refractivity contribution in [3.63, 3.8) is 0 Å². The topological polar surface area (TPSA) is 100 Å². The van der Waals surface area contributed by atoms with E-state index >= 15 is 0 Å². The number of carboxylic acid groups (broad SMARTS) is 1. The average molecular weight is 662 g/mol. The molecule has 0 aromatic heterocycles. The zero-order valence-corrected chi connectivity index (χ0v) is 28.9. The molecule has 5 rings (SSSR count). The van der Waals surface area contributed by atoms with Gasteiger partial charge in [-0.1, -0.05) is 52.0 Å². The van der Waals surface area contributed by atoms with Crippen LogP contribution < -0.4 is 20.1 Å². The summed E-state index contributed by atoms with van der Waals surface area (Å²) in [5.74, 6) is 1.62. The second-order valence-electron chi connectivity index (χ2n) is 11.9. The second-order valence-corrected chi connectivity index (χ2v) is 12.5. The van der Waals surface area contributed by atoms with Crippen LogP contribution in [0.15, 0.2) is 78.1 Å². The molecule has 2 unspecified atom stereocenters. The van der Waals surface area contributed by atoms with Crippen LogP contribution in [0.25, 0.3) is 0 Å². The molecule has 9 heteroatoms. The van der Waals surface area contributed by atoms with Crippen LogP contribution in [0, 0.1) is 0 Å². The number of ether oxygens (including phenoxy) is 2. The van der Waals surface area contributed by atoms with E-state index in [9.17, 15) is 9.59 Å². The Bertz CT molecular complexity index is 1530. The number of carboxylic acids is 1. The highest BCUT2D eigenvalue weighted by Crippen LogP contribution is 2.35. The van der Waals surface area contributed by atoms with Crippen molar-refractivity contribution in [3.8, 4) is 11.5 Å². The predicted octanol–water partition coefficient (Wildman–Crippen LogP) is 8.68. The number of carbonyl (C=O) groups excluding carboxylic acids is 1. The van der Waals surface area contributed by atoms with Gasteiger partial charge in [0.05, 0.1) is 36.2 Å². The number of hydrogen-bond donors (Lipinski definition) is 3. The van der Waals surface area contributed by atoms with Gasteiger partial charge in [-0.25, -0.2) is 4.79 Å². The molecule has 1 aliphatic heterocycles. The van der Waals surface area contributed by atoms with Crippen LogP contribution >= 0.6 is 11.6 Å². The standard InChI is InChI=1S/C36H42ClN3O5.C2H6/c1-4-23(2)30-10-5-6-11-31(30)38-35(25-8-7-9-25)39-32-17-12-24(18-33(32)44-3)19-34(41)40-21-27(37)20-28(40)22-45-29-15-13-26(14-16-29)36(42)43;1-2/h5-6,10-18,23,27-28,38-39H,4,7-9,19-22H2,1-3H3,(H,42,43);1-2H3/t23?,27-,28?;/m1./s1. The monoisotopic (exact) mass is 661 g/mol.